The lowest BCUT2D eigenvalue weighted by Crippen LogP contribution is -2.13. The van der Waals surface area contributed by atoms with Crippen LogP contribution in [0.25, 0.3) is 0 Å². The highest BCUT2D eigenvalue weighted by Crippen LogP contribution is 1.70. The highest BCUT2D eigenvalue weighted by Gasteiger charge is 1.91. The van der Waals surface area contributed by atoms with E-state index in [1.807, 2.05) is 0 Å². The summed E-state index contributed by atoms with van der Waals surface area (Å²) in [5, 5.41) is 11.2. The lowest BCUT2D eigenvalue weighted by molar-refractivity contribution is 0.946. The van der Waals surface area contributed by atoms with E-state index in [0.717, 1.165) is 20.9 Å². The SMILES string of the molecule is CC[Si]c1cn[nH]n1. The Balaban J connectivity index is 2.50. The molecule has 1 aromatic rings. The minimum Gasteiger partial charge on any atom is -0.198 e. The quantitative estimate of drug-likeness (QED) is 0.545. The van der Waals surface area contributed by atoms with Gasteiger partial charge in [-0.05, 0) is 0 Å². The van der Waals surface area contributed by atoms with E-state index in [9.17, 15) is 0 Å². The van der Waals surface area contributed by atoms with Gasteiger partial charge in [-0.3, -0.25) is 0 Å². The van der Waals surface area contributed by atoms with Gasteiger partial charge in [-0.1, -0.05) is 13.0 Å². The highest BCUT2D eigenvalue weighted by molar-refractivity contribution is 6.51. The summed E-state index contributed by atoms with van der Waals surface area (Å²) in [7, 11) is 0.807. The molecule has 0 aromatic carbocycles. The molecule has 0 saturated carbocycles. The number of aromatic amines is 1. The summed E-state index contributed by atoms with van der Waals surface area (Å²) in [5.74, 6) is 0. The molecule has 1 N–H and O–H groups in total. The summed E-state index contributed by atoms with van der Waals surface area (Å²) < 4.78 is 0. The Bertz CT molecular complexity index is 137. The van der Waals surface area contributed by atoms with Gasteiger partial charge in [-0.15, -0.1) is 0 Å². The van der Waals surface area contributed by atoms with Crippen LogP contribution in [0.2, 0.25) is 6.04 Å². The van der Waals surface area contributed by atoms with Crippen LogP contribution in [0.15, 0.2) is 6.20 Å². The van der Waals surface area contributed by atoms with Gasteiger partial charge >= 0.3 is 0 Å². The van der Waals surface area contributed by atoms with E-state index in [1.165, 1.54) is 0 Å². The van der Waals surface area contributed by atoms with E-state index in [4.69, 9.17) is 0 Å². The molecule has 0 fully saturated rings. The van der Waals surface area contributed by atoms with Crippen molar-refractivity contribution in [3.05, 3.63) is 6.20 Å². The average molecular weight is 125 g/mol. The third-order valence-corrected chi connectivity index (χ3v) is 1.73. The van der Waals surface area contributed by atoms with Crippen molar-refractivity contribution in [3.63, 3.8) is 0 Å². The largest absolute Gasteiger partial charge is 0.198 e. The minimum absolute atomic E-state index is 0.807. The van der Waals surface area contributed by atoms with Crippen LogP contribution < -0.4 is 5.32 Å². The molecule has 0 atom stereocenters. The Hall–Kier alpha value is -0.643. The first kappa shape index (κ1) is 5.49. The zero-order chi connectivity index (χ0) is 5.82. The zero-order valence-corrected chi connectivity index (χ0v) is 5.68. The topological polar surface area (TPSA) is 41.6 Å². The first-order valence-electron chi connectivity index (χ1n) is 2.53. The Morgan fingerprint density at radius 2 is 2.75 bits per heavy atom. The van der Waals surface area contributed by atoms with Crippen molar-refractivity contribution < 1.29 is 0 Å². The smallest absolute Gasteiger partial charge is 0.112 e. The molecule has 4 heteroatoms. The van der Waals surface area contributed by atoms with Crippen LogP contribution in [-0.2, 0) is 0 Å². The highest BCUT2D eigenvalue weighted by atomic mass is 28.2. The normalized spacial score (nSPS) is 9.62. The number of hydrogen-bond acceptors (Lipinski definition) is 2. The molecule has 3 nitrogen and oxygen atoms in total. The fourth-order valence-corrected chi connectivity index (χ4v) is 1.12. The molecule has 1 heterocycles. The molecule has 1 aromatic heterocycles. The summed E-state index contributed by atoms with van der Waals surface area (Å²) in [6.07, 6.45) is 1.77. The molecule has 0 aliphatic carbocycles. The van der Waals surface area contributed by atoms with E-state index < -0.39 is 0 Å². The van der Waals surface area contributed by atoms with Crippen molar-refractivity contribution in [3.8, 4) is 0 Å². The van der Waals surface area contributed by atoms with Crippen LogP contribution in [0.3, 0.4) is 0 Å². The first-order valence-corrected chi connectivity index (χ1v) is 3.74. The molecule has 0 unspecified atom stereocenters. The van der Waals surface area contributed by atoms with Gasteiger partial charge in [-0.2, -0.15) is 15.4 Å². The molecule has 0 bridgehead atoms. The molecule has 0 amide bonds. The van der Waals surface area contributed by atoms with Crippen molar-refractivity contribution in [2.24, 2.45) is 0 Å². The average Bonchev–Trinajstić information content (AvgIpc) is 2.19. The molecular formula is C4H7N3Si. The second-order valence-electron chi connectivity index (χ2n) is 1.39. The van der Waals surface area contributed by atoms with Gasteiger partial charge in [0, 0.05) is 0 Å². The Labute approximate surface area is 50.3 Å². The number of hydrogen-bond donors (Lipinski definition) is 1. The molecule has 8 heavy (non-hydrogen) atoms. The third-order valence-electron chi connectivity index (χ3n) is 0.773. The van der Waals surface area contributed by atoms with Crippen molar-refractivity contribution in [2.45, 2.75) is 13.0 Å². The predicted molar refractivity (Wildman–Crippen MR) is 32.3 cm³/mol. The van der Waals surface area contributed by atoms with Crippen LogP contribution in [0, 0.1) is 0 Å². The second-order valence-corrected chi connectivity index (χ2v) is 2.96. The number of aromatic nitrogens is 3. The zero-order valence-electron chi connectivity index (χ0n) is 4.68. The third kappa shape index (κ3) is 1.16. The maximum absolute atomic E-state index is 3.88. The molecule has 0 spiro atoms. The summed E-state index contributed by atoms with van der Waals surface area (Å²) in [6, 6.07) is 1.16. The molecule has 0 aliphatic heterocycles. The van der Waals surface area contributed by atoms with Crippen molar-refractivity contribution >= 4 is 14.8 Å². The lowest BCUT2D eigenvalue weighted by Gasteiger charge is -1.80. The van der Waals surface area contributed by atoms with E-state index in [0.29, 0.717) is 0 Å². The Morgan fingerprint density at radius 3 is 3.25 bits per heavy atom. The van der Waals surface area contributed by atoms with Crippen LogP contribution in [-0.4, -0.2) is 24.9 Å². The monoisotopic (exact) mass is 125 g/mol. The number of nitrogens with one attached hydrogen (secondary N) is 1. The van der Waals surface area contributed by atoms with Crippen LogP contribution >= 0.6 is 0 Å². The molecular weight excluding hydrogens is 118 g/mol. The maximum atomic E-state index is 3.88. The molecule has 2 radical (unpaired) electrons. The fraction of sp³-hybridized carbons (Fsp3) is 0.500. The predicted octanol–water partition coefficient (Wildman–Crippen LogP) is -0.428. The number of H-pyrrole nitrogens is 1. The summed E-state index contributed by atoms with van der Waals surface area (Å²) >= 11 is 0. The van der Waals surface area contributed by atoms with Crippen LogP contribution in [0.1, 0.15) is 6.92 Å². The van der Waals surface area contributed by atoms with Crippen molar-refractivity contribution in [1.29, 1.82) is 0 Å². The first-order chi connectivity index (χ1) is 3.93. The Kier molecular flexibility index (Phi) is 1.79. The fourth-order valence-electron chi connectivity index (χ4n) is 0.468. The van der Waals surface area contributed by atoms with E-state index in [2.05, 4.69) is 22.3 Å². The lowest BCUT2D eigenvalue weighted by atomic mass is 10.9. The molecule has 0 saturated heterocycles. The maximum Gasteiger partial charge on any atom is 0.112 e. The summed E-state index contributed by atoms with van der Waals surface area (Å²) in [5.41, 5.74) is 0. The molecule has 1 rings (SSSR count). The van der Waals surface area contributed by atoms with Gasteiger partial charge in [0.05, 0.1) is 11.5 Å². The number of nitrogens with zero attached hydrogens (tertiary/aromatic N) is 2. The van der Waals surface area contributed by atoms with Gasteiger partial charge in [0.25, 0.3) is 0 Å². The van der Waals surface area contributed by atoms with E-state index in [-0.39, 0.29) is 0 Å². The van der Waals surface area contributed by atoms with Crippen LogP contribution in [0.4, 0.5) is 0 Å². The minimum atomic E-state index is 0.807. The van der Waals surface area contributed by atoms with Gasteiger partial charge in [-0.25, -0.2) is 0 Å². The van der Waals surface area contributed by atoms with Gasteiger partial charge < -0.3 is 0 Å². The second kappa shape index (κ2) is 2.61. The molecule has 42 valence electrons. The van der Waals surface area contributed by atoms with Gasteiger partial charge in [0.15, 0.2) is 0 Å². The summed E-state index contributed by atoms with van der Waals surface area (Å²) in [6.45, 7) is 2.13. The van der Waals surface area contributed by atoms with Gasteiger partial charge in [0.1, 0.15) is 9.52 Å². The molecule has 0 aliphatic rings. The van der Waals surface area contributed by atoms with Crippen molar-refractivity contribution in [2.75, 3.05) is 0 Å². The van der Waals surface area contributed by atoms with E-state index in [1.54, 1.807) is 6.20 Å². The van der Waals surface area contributed by atoms with Crippen molar-refractivity contribution in [1.82, 2.24) is 15.4 Å². The summed E-state index contributed by atoms with van der Waals surface area (Å²) in [4.78, 5) is 0. The standard InChI is InChI=1S/C4H7N3Si/c1-2-8-4-3-5-7-6-4/h3H,2H2,1H3,(H,5,6,7). The van der Waals surface area contributed by atoms with Crippen LogP contribution in [0.5, 0.6) is 0 Å². The number of rotatable bonds is 2. The van der Waals surface area contributed by atoms with Gasteiger partial charge in [0.2, 0.25) is 0 Å². The Morgan fingerprint density at radius 1 is 1.88 bits per heavy atom. The van der Waals surface area contributed by atoms with E-state index >= 15 is 0 Å².